The summed E-state index contributed by atoms with van der Waals surface area (Å²) in [5, 5.41) is 5.69. The van der Waals surface area contributed by atoms with E-state index < -0.39 is 0 Å². The summed E-state index contributed by atoms with van der Waals surface area (Å²) in [6, 6.07) is 0.664. The van der Waals surface area contributed by atoms with E-state index in [0.29, 0.717) is 6.04 Å². The number of aromatic nitrogens is 1. The van der Waals surface area contributed by atoms with Crippen LogP contribution in [0.5, 0.6) is 0 Å². The molecule has 0 aliphatic heterocycles. The van der Waals surface area contributed by atoms with Gasteiger partial charge in [-0.15, -0.1) is 11.3 Å². The zero-order valence-corrected chi connectivity index (χ0v) is 13.4. The minimum absolute atomic E-state index is 0.664. The van der Waals surface area contributed by atoms with Gasteiger partial charge in [0.2, 0.25) is 0 Å². The third kappa shape index (κ3) is 4.01. The maximum Gasteiger partial charge on any atom is 0.0795 e. The molecule has 1 saturated carbocycles. The zero-order chi connectivity index (χ0) is 13.8. The van der Waals surface area contributed by atoms with Gasteiger partial charge in [0.05, 0.1) is 11.2 Å². The molecule has 0 radical (unpaired) electrons. The lowest BCUT2D eigenvalue weighted by molar-refractivity contribution is 0.112. The summed E-state index contributed by atoms with van der Waals surface area (Å²) >= 11 is 1.68. The van der Waals surface area contributed by atoms with E-state index in [4.69, 9.17) is 0 Å². The van der Waals surface area contributed by atoms with Crippen molar-refractivity contribution < 1.29 is 0 Å². The Hall–Kier alpha value is -0.450. The van der Waals surface area contributed by atoms with Gasteiger partial charge in [-0.25, -0.2) is 4.98 Å². The molecule has 1 aliphatic carbocycles. The number of nitrogens with one attached hydrogen (secondary N) is 1. The van der Waals surface area contributed by atoms with Gasteiger partial charge in [0, 0.05) is 24.5 Å². The smallest absolute Gasteiger partial charge is 0.0795 e. The topological polar surface area (TPSA) is 28.2 Å². The van der Waals surface area contributed by atoms with Crippen LogP contribution in [-0.4, -0.2) is 36.6 Å². The van der Waals surface area contributed by atoms with Crippen molar-refractivity contribution in [3.05, 3.63) is 16.6 Å². The minimum atomic E-state index is 0.664. The number of nitrogens with zero attached hydrogens (tertiary/aromatic N) is 2. The van der Waals surface area contributed by atoms with Crippen LogP contribution in [0, 0.1) is 17.8 Å². The van der Waals surface area contributed by atoms with E-state index in [1.807, 2.05) is 5.51 Å². The first-order valence-electron chi connectivity index (χ1n) is 7.33. The van der Waals surface area contributed by atoms with E-state index >= 15 is 0 Å². The largest absolute Gasteiger partial charge is 0.317 e. The van der Waals surface area contributed by atoms with Crippen LogP contribution in [0.2, 0.25) is 0 Å². The summed E-state index contributed by atoms with van der Waals surface area (Å²) in [5.74, 6) is 2.41. The summed E-state index contributed by atoms with van der Waals surface area (Å²) in [5.41, 5.74) is 3.12. The fourth-order valence-corrected chi connectivity index (χ4v) is 4.12. The molecule has 0 aromatic carbocycles. The molecule has 19 heavy (non-hydrogen) atoms. The van der Waals surface area contributed by atoms with Crippen molar-refractivity contribution in [2.24, 2.45) is 17.8 Å². The molecule has 0 bridgehead atoms. The van der Waals surface area contributed by atoms with Crippen molar-refractivity contribution in [3.63, 3.8) is 0 Å². The predicted octanol–water partition coefficient (Wildman–Crippen LogP) is 2.85. The monoisotopic (exact) mass is 281 g/mol. The highest BCUT2D eigenvalue weighted by molar-refractivity contribution is 7.07. The minimum Gasteiger partial charge on any atom is -0.317 e. The highest BCUT2D eigenvalue weighted by Gasteiger charge is 2.33. The highest BCUT2D eigenvalue weighted by atomic mass is 32.1. The average molecular weight is 281 g/mol. The molecule has 1 aliphatic rings. The van der Waals surface area contributed by atoms with Crippen LogP contribution in [0.3, 0.4) is 0 Å². The molecule has 1 N–H and O–H groups in total. The van der Waals surface area contributed by atoms with Gasteiger partial charge in [-0.3, -0.25) is 0 Å². The van der Waals surface area contributed by atoms with E-state index in [-0.39, 0.29) is 0 Å². The molecule has 1 aromatic rings. The van der Waals surface area contributed by atoms with Crippen LogP contribution < -0.4 is 5.32 Å². The Morgan fingerprint density at radius 1 is 1.42 bits per heavy atom. The Labute approximate surface area is 121 Å². The van der Waals surface area contributed by atoms with Gasteiger partial charge in [0.25, 0.3) is 0 Å². The molecule has 2 rings (SSSR count). The molecule has 3 nitrogen and oxygen atoms in total. The van der Waals surface area contributed by atoms with E-state index in [1.54, 1.807) is 11.3 Å². The van der Waals surface area contributed by atoms with Gasteiger partial charge in [-0.05, 0) is 44.7 Å². The van der Waals surface area contributed by atoms with Crippen molar-refractivity contribution in [2.75, 3.05) is 20.6 Å². The van der Waals surface area contributed by atoms with Crippen molar-refractivity contribution >= 4 is 11.3 Å². The molecule has 4 unspecified atom stereocenters. The molecule has 1 aromatic heterocycles. The lowest BCUT2D eigenvalue weighted by atomic mass is 9.72. The Bertz CT molecular complexity index is 365. The first-order valence-corrected chi connectivity index (χ1v) is 8.27. The van der Waals surface area contributed by atoms with Crippen LogP contribution in [0.15, 0.2) is 10.9 Å². The van der Waals surface area contributed by atoms with E-state index in [9.17, 15) is 0 Å². The average Bonchev–Trinajstić information content (AvgIpc) is 2.85. The first kappa shape index (κ1) is 14.9. The standard InChI is InChI=1S/C15H27N3S/c1-11-5-12(2)14(15(6-11)16-3)8-18(4)7-13-9-19-10-17-13/h9-12,14-16H,5-8H2,1-4H3. The summed E-state index contributed by atoms with van der Waals surface area (Å²) in [6.45, 7) is 6.94. The molecule has 0 saturated heterocycles. The van der Waals surface area contributed by atoms with Crippen molar-refractivity contribution in [2.45, 2.75) is 39.3 Å². The number of thiazole rings is 1. The molecule has 1 fully saturated rings. The number of hydrogen-bond donors (Lipinski definition) is 1. The normalized spacial score (nSPS) is 31.8. The van der Waals surface area contributed by atoms with E-state index in [1.165, 1.54) is 18.5 Å². The Kier molecular flexibility index (Phi) is 5.37. The van der Waals surface area contributed by atoms with Crippen LogP contribution in [0.4, 0.5) is 0 Å². The van der Waals surface area contributed by atoms with Crippen LogP contribution in [0.25, 0.3) is 0 Å². The fourth-order valence-electron chi connectivity index (χ4n) is 3.57. The van der Waals surface area contributed by atoms with Crippen molar-refractivity contribution in [3.8, 4) is 0 Å². The quantitative estimate of drug-likeness (QED) is 0.899. The Morgan fingerprint density at radius 3 is 2.84 bits per heavy atom. The molecular formula is C15H27N3S. The lowest BCUT2D eigenvalue weighted by Gasteiger charge is -2.41. The maximum absolute atomic E-state index is 4.38. The molecule has 4 atom stereocenters. The molecule has 4 heteroatoms. The SMILES string of the molecule is CNC1CC(C)CC(C)C1CN(C)Cc1cscn1. The molecule has 108 valence electrons. The van der Waals surface area contributed by atoms with Gasteiger partial charge >= 0.3 is 0 Å². The van der Waals surface area contributed by atoms with Crippen LogP contribution >= 0.6 is 11.3 Å². The maximum atomic E-state index is 4.38. The van der Waals surface area contributed by atoms with Crippen LogP contribution in [0.1, 0.15) is 32.4 Å². The zero-order valence-electron chi connectivity index (χ0n) is 12.6. The molecule has 1 heterocycles. The molecular weight excluding hydrogens is 254 g/mol. The third-order valence-corrected chi connectivity index (χ3v) is 5.12. The van der Waals surface area contributed by atoms with Gasteiger partial charge in [0.1, 0.15) is 0 Å². The summed E-state index contributed by atoms with van der Waals surface area (Å²) in [6.07, 6.45) is 2.68. The van der Waals surface area contributed by atoms with E-state index in [2.05, 4.69) is 48.5 Å². The molecule has 0 amide bonds. The second-order valence-electron chi connectivity index (χ2n) is 6.29. The highest BCUT2D eigenvalue weighted by Crippen LogP contribution is 2.34. The van der Waals surface area contributed by atoms with Gasteiger partial charge in [0.15, 0.2) is 0 Å². The lowest BCUT2D eigenvalue weighted by Crippen LogP contribution is -2.47. The molecule has 0 spiro atoms. The number of rotatable bonds is 5. The predicted molar refractivity (Wildman–Crippen MR) is 82.3 cm³/mol. The summed E-state index contributed by atoms with van der Waals surface area (Å²) < 4.78 is 0. The third-order valence-electron chi connectivity index (χ3n) is 4.49. The second-order valence-corrected chi connectivity index (χ2v) is 7.01. The van der Waals surface area contributed by atoms with Crippen molar-refractivity contribution in [1.29, 1.82) is 0 Å². The van der Waals surface area contributed by atoms with Gasteiger partial charge in [-0.2, -0.15) is 0 Å². The first-order chi connectivity index (χ1) is 9.10. The van der Waals surface area contributed by atoms with Crippen molar-refractivity contribution in [1.82, 2.24) is 15.2 Å². The van der Waals surface area contributed by atoms with E-state index in [0.717, 1.165) is 30.8 Å². The summed E-state index contributed by atoms with van der Waals surface area (Å²) in [4.78, 5) is 6.81. The Morgan fingerprint density at radius 2 is 2.21 bits per heavy atom. The van der Waals surface area contributed by atoms with Gasteiger partial charge in [-0.1, -0.05) is 13.8 Å². The van der Waals surface area contributed by atoms with Crippen LogP contribution in [-0.2, 0) is 6.54 Å². The Balaban J connectivity index is 1.92. The fraction of sp³-hybridized carbons (Fsp3) is 0.800. The summed E-state index contributed by atoms with van der Waals surface area (Å²) in [7, 11) is 4.33. The number of hydrogen-bond acceptors (Lipinski definition) is 4. The second kappa shape index (κ2) is 6.82. The van der Waals surface area contributed by atoms with Gasteiger partial charge < -0.3 is 10.2 Å².